The molecule has 0 heterocycles. The van der Waals surface area contributed by atoms with E-state index in [0.29, 0.717) is 5.88 Å². The molecule has 1 heteroatoms. The largest absolute Gasteiger partial charge is 0.122 e. The molecule has 2 aromatic rings. The average Bonchev–Trinajstić information content (AvgIpc) is 2.35. The Balaban J connectivity index is 0.000000160. The van der Waals surface area contributed by atoms with E-state index >= 15 is 0 Å². The summed E-state index contributed by atoms with van der Waals surface area (Å²) < 4.78 is 0. The van der Waals surface area contributed by atoms with Crippen molar-refractivity contribution in [3.8, 4) is 0 Å². The van der Waals surface area contributed by atoms with Crippen molar-refractivity contribution in [2.75, 3.05) is 0 Å². The summed E-state index contributed by atoms with van der Waals surface area (Å²) in [5.41, 5.74) is 3.83. The second-order valence-corrected chi connectivity index (χ2v) is 4.04. The Morgan fingerprint density at radius 2 is 1.19 bits per heavy atom. The molecule has 0 aromatic heterocycles. The standard InChI is InChI=1S/C8H10.C7H7Cl/c1-7-3-5-8(2)6-4-7;8-6-7-4-2-1-3-5-7/h3-6H,1-2H3;1-5H,6H2. The number of alkyl halides is 1. The van der Waals surface area contributed by atoms with E-state index in [1.54, 1.807) is 0 Å². The van der Waals surface area contributed by atoms with E-state index in [2.05, 4.69) is 38.1 Å². The van der Waals surface area contributed by atoms with Crippen LogP contribution in [-0.2, 0) is 5.88 Å². The summed E-state index contributed by atoms with van der Waals surface area (Å²) in [5, 5.41) is 0. The van der Waals surface area contributed by atoms with E-state index in [-0.39, 0.29) is 0 Å². The maximum atomic E-state index is 5.53. The molecule has 2 rings (SSSR count). The highest BCUT2D eigenvalue weighted by Gasteiger charge is 1.81. The van der Waals surface area contributed by atoms with Crippen molar-refractivity contribution in [2.45, 2.75) is 19.7 Å². The second kappa shape index (κ2) is 7.08. The third-order valence-corrected chi connectivity index (χ3v) is 2.52. The predicted octanol–water partition coefficient (Wildman–Crippen LogP) is 4.73. The van der Waals surface area contributed by atoms with Crippen molar-refractivity contribution >= 4 is 11.6 Å². The molecule has 0 aliphatic carbocycles. The maximum Gasteiger partial charge on any atom is 0.0474 e. The van der Waals surface area contributed by atoms with Crippen LogP contribution in [0.15, 0.2) is 54.6 Å². The summed E-state index contributed by atoms with van der Waals surface area (Å²) in [6.45, 7) is 4.19. The summed E-state index contributed by atoms with van der Waals surface area (Å²) in [6.07, 6.45) is 0. The number of hydrogen-bond donors (Lipinski definition) is 0. The molecular weight excluding hydrogens is 216 g/mol. The van der Waals surface area contributed by atoms with Crippen LogP contribution < -0.4 is 0 Å². The van der Waals surface area contributed by atoms with Gasteiger partial charge in [0.25, 0.3) is 0 Å². The van der Waals surface area contributed by atoms with Gasteiger partial charge in [-0.05, 0) is 19.4 Å². The number of halogens is 1. The monoisotopic (exact) mass is 232 g/mol. The molecule has 0 aliphatic rings. The van der Waals surface area contributed by atoms with Crippen molar-refractivity contribution in [3.05, 3.63) is 71.3 Å². The van der Waals surface area contributed by atoms with Gasteiger partial charge < -0.3 is 0 Å². The molecule has 0 saturated heterocycles. The molecule has 0 nitrogen and oxygen atoms in total. The average molecular weight is 233 g/mol. The topological polar surface area (TPSA) is 0 Å². The zero-order chi connectivity index (χ0) is 11.8. The molecule has 0 fully saturated rings. The van der Waals surface area contributed by atoms with Crippen LogP contribution in [-0.4, -0.2) is 0 Å². The summed E-state index contributed by atoms with van der Waals surface area (Å²) in [5.74, 6) is 0.612. The van der Waals surface area contributed by atoms with E-state index in [1.165, 1.54) is 16.7 Å². The van der Waals surface area contributed by atoms with Crippen LogP contribution in [0.1, 0.15) is 16.7 Å². The van der Waals surface area contributed by atoms with Gasteiger partial charge in [0.2, 0.25) is 0 Å². The minimum Gasteiger partial charge on any atom is -0.122 e. The molecule has 0 N–H and O–H groups in total. The molecule has 16 heavy (non-hydrogen) atoms. The van der Waals surface area contributed by atoms with Crippen LogP contribution >= 0.6 is 11.6 Å². The first-order valence-corrected chi connectivity index (χ1v) is 5.89. The van der Waals surface area contributed by atoms with Gasteiger partial charge in [-0.2, -0.15) is 0 Å². The first kappa shape index (κ1) is 12.8. The van der Waals surface area contributed by atoms with Crippen LogP contribution in [0.5, 0.6) is 0 Å². The minimum absolute atomic E-state index is 0.612. The molecule has 2 aromatic carbocycles. The molecule has 0 saturated carbocycles. The molecule has 84 valence electrons. The summed E-state index contributed by atoms with van der Waals surface area (Å²) in [4.78, 5) is 0. The third kappa shape index (κ3) is 4.99. The van der Waals surface area contributed by atoms with Crippen molar-refractivity contribution in [2.24, 2.45) is 0 Å². The first-order valence-electron chi connectivity index (χ1n) is 5.35. The Bertz CT molecular complexity index is 369. The third-order valence-electron chi connectivity index (χ3n) is 2.22. The molecule has 0 radical (unpaired) electrons. The van der Waals surface area contributed by atoms with Gasteiger partial charge in [0.05, 0.1) is 0 Å². The van der Waals surface area contributed by atoms with Crippen LogP contribution in [0.4, 0.5) is 0 Å². The lowest BCUT2D eigenvalue weighted by Gasteiger charge is -1.90. The van der Waals surface area contributed by atoms with E-state index in [4.69, 9.17) is 11.6 Å². The Labute approximate surface area is 103 Å². The zero-order valence-electron chi connectivity index (χ0n) is 9.78. The van der Waals surface area contributed by atoms with Crippen molar-refractivity contribution < 1.29 is 0 Å². The molecule has 0 atom stereocenters. The lowest BCUT2D eigenvalue weighted by atomic mass is 10.2. The fourth-order valence-corrected chi connectivity index (χ4v) is 1.38. The molecule has 0 aliphatic heterocycles. The number of hydrogen-bond acceptors (Lipinski definition) is 0. The van der Waals surface area contributed by atoms with Gasteiger partial charge in [-0.15, -0.1) is 11.6 Å². The smallest absolute Gasteiger partial charge is 0.0474 e. The van der Waals surface area contributed by atoms with Crippen molar-refractivity contribution in [1.82, 2.24) is 0 Å². The first-order chi connectivity index (χ1) is 7.72. The highest BCUT2D eigenvalue weighted by atomic mass is 35.5. The van der Waals surface area contributed by atoms with Gasteiger partial charge in [-0.1, -0.05) is 65.7 Å². The van der Waals surface area contributed by atoms with Gasteiger partial charge in [0.15, 0.2) is 0 Å². The Kier molecular flexibility index (Phi) is 5.66. The zero-order valence-corrected chi connectivity index (χ0v) is 10.5. The van der Waals surface area contributed by atoms with Gasteiger partial charge in [-0.3, -0.25) is 0 Å². The van der Waals surface area contributed by atoms with Gasteiger partial charge >= 0.3 is 0 Å². The van der Waals surface area contributed by atoms with Gasteiger partial charge in [-0.25, -0.2) is 0 Å². The highest BCUT2D eigenvalue weighted by Crippen LogP contribution is 2.00. The van der Waals surface area contributed by atoms with Crippen LogP contribution in [0.3, 0.4) is 0 Å². The molecule has 0 unspecified atom stereocenters. The van der Waals surface area contributed by atoms with E-state index < -0.39 is 0 Å². The van der Waals surface area contributed by atoms with Crippen molar-refractivity contribution in [1.29, 1.82) is 0 Å². The van der Waals surface area contributed by atoms with Crippen LogP contribution in [0.25, 0.3) is 0 Å². The fourth-order valence-electron chi connectivity index (χ4n) is 1.20. The lowest BCUT2D eigenvalue weighted by Crippen LogP contribution is -1.71. The van der Waals surface area contributed by atoms with Crippen molar-refractivity contribution in [3.63, 3.8) is 0 Å². The molecule has 0 amide bonds. The quantitative estimate of drug-likeness (QED) is 0.624. The second-order valence-electron chi connectivity index (χ2n) is 3.77. The summed E-state index contributed by atoms with van der Waals surface area (Å²) in [7, 11) is 0. The normalized spacial score (nSPS) is 9.19. The Morgan fingerprint density at radius 3 is 1.50 bits per heavy atom. The number of rotatable bonds is 1. The number of benzene rings is 2. The molecule has 0 spiro atoms. The Hall–Kier alpha value is -1.27. The Morgan fingerprint density at radius 1 is 0.750 bits per heavy atom. The van der Waals surface area contributed by atoms with E-state index in [9.17, 15) is 0 Å². The van der Waals surface area contributed by atoms with Gasteiger partial charge in [0, 0.05) is 5.88 Å². The highest BCUT2D eigenvalue weighted by molar-refractivity contribution is 6.17. The number of aryl methyl sites for hydroxylation is 2. The SMILES string of the molecule is Cc1ccc(C)cc1.ClCc1ccccc1. The fraction of sp³-hybridized carbons (Fsp3) is 0.200. The van der Waals surface area contributed by atoms with E-state index in [1.807, 2.05) is 30.3 Å². The van der Waals surface area contributed by atoms with Crippen LogP contribution in [0, 0.1) is 13.8 Å². The maximum absolute atomic E-state index is 5.53. The lowest BCUT2D eigenvalue weighted by molar-refractivity contribution is 1.40. The predicted molar refractivity (Wildman–Crippen MR) is 71.9 cm³/mol. The minimum atomic E-state index is 0.612. The molecule has 0 bridgehead atoms. The summed E-state index contributed by atoms with van der Waals surface area (Å²) in [6, 6.07) is 18.4. The molecular formula is C15H17Cl. The van der Waals surface area contributed by atoms with Crippen LogP contribution in [0.2, 0.25) is 0 Å². The van der Waals surface area contributed by atoms with Gasteiger partial charge in [0.1, 0.15) is 0 Å². The summed E-state index contributed by atoms with van der Waals surface area (Å²) >= 11 is 5.53. The van der Waals surface area contributed by atoms with E-state index in [0.717, 1.165) is 0 Å².